The number of anilines is 1. The Balaban J connectivity index is 1.91. The van der Waals surface area contributed by atoms with Crippen molar-refractivity contribution in [1.29, 1.82) is 0 Å². The number of nitrogen functional groups attached to an aromatic ring is 1. The number of hydrogen-bond acceptors (Lipinski definition) is 5. The van der Waals surface area contributed by atoms with Crippen molar-refractivity contribution in [2.24, 2.45) is 0 Å². The summed E-state index contributed by atoms with van der Waals surface area (Å²) in [5, 5.41) is 6.87. The lowest BCUT2D eigenvalue weighted by Gasteiger charge is -2.23. The lowest BCUT2D eigenvalue weighted by molar-refractivity contribution is -0.130. The van der Waals surface area contributed by atoms with Crippen LogP contribution in [0.25, 0.3) is 0 Å². The van der Waals surface area contributed by atoms with Crippen LogP contribution in [0.15, 0.2) is 5.16 Å². The zero-order valence-electron chi connectivity index (χ0n) is 10.6. The summed E-state index contributed by atoms with van der Waals surface area (Å²) in [5.41, 5.74) is 5.46. The van der Waals surface area contributed by atoms with Gasteiger partial charge in [0.15, 0.2) is 0 Å². The van der Waals surface area contributed by atoms with Gasteiger partial charge in [0.1, 0.15) is 0 Å². The maximum Gasteiger partial charge on any atom is 0.235 e. The third-order valence-corrected chi connectivity index (χ3v) is 3.98. The molecule has 1 fully saturated rings. The topological polar surface area (TPSA) is 87.9 Å². The highest BCUT2D eigenvalue weighted by Crippen LogP contribution is 2.22. The van der Waals surface area contributed by atoms with E-state index in [1.165, 1.54) is 24.6 Å². The first-order chi connectivity index (χ1) is 8.66. The summed E-state index contributed by atoms with van der Waals surface area (Å²) >= 11 is 1.35. The summed E-state index contributed by atoms with van der Waals surface area (Å²) in [6.07, 6.45) is 4.67. The molecular weight excluding hydrogens is 250 g/mol. The fourth-order valence-electron chi connectivity index (χ4n) is 2.07. The molecule has 1 amide bonds. The summed E-state index contributed by atoms with van der Waals surface area (Å²) in [5.74, 6) is 0.456. The Kier molecular flexibility index (Phi) is 4.46. The van der Waals surface area contributed by atoms with Gasteiger partial charge in [-0.2, -0.15) is 4.98 Å². The van der Waals surface area contributed by atoms with E-state index in [9.17, 15) is 4.79 Å². The molecule has 0 radical (unpaired) electrons. The molecule has 1 atom stereocenters. The first-order valence-corrected chi connectivity index (χ1v) is 7.18. The van der Waals surface area contributed by atoms with Crippen LogP contribution in [-0.4, -0.2) is 44.3 Å². The standard InChI is InChI=1S/C11H19N5OS/c1-8(18-11-13-10(12)14-15-11)9(17)16-6-4-2-3-5-7-16/h8H,2-7H2,1H3,(H3,12,13,14,15). The van der Waals surface area contributed by atoms with E-state index in [2.05, 4.69) is 15.2 Å². The molecular formula is C11H19N5OS. The van der Waals surface area contributed by atoms with E-state index >= 15 is 0 Å². The van der Waals surface area contributed by atoms with Crippen LogP contribution in [0.4, 0.5) is 5.95 Å². The molecule has 1 aliphatic rings. The smallest absolute Gasteiger partial charge is 0.235 e. The number of nitrogens with zero attached hydrogens (tertiary/aromatic N) is 3. The molecule has 1 saturated heterocycles. The van der Waals surface area contributed by atoms with Crippen LogP contribution in [0, 0.1) is 0 Å². The zero-order valence-corrected chi connectivity index (χ0v) is 11.4. The molecule has 3 N–H and O–H groups in total. The van der Waals surface area contributed by atoms with Crippen molar-refractivity contribution >= 4 is 23.6 Å². The van der Waals surface area contributed by atoms with Gasteiger partial charge in [-0.25, -0.2) is 5.10 Å². The number of carbonyl (C=O) groups is 1. The quantitative estimate of drug-likeness (QED) is 0.807. The van der Waals surface area contributed by atoms with Gasteiger partial charge in [0.25, 0.3) is 0 Å². The SMILES string of the molecule is CC(Sc1n[nH]c(N)n1)C(=O)N1CCCCCC1. The molecule has 7 heteroatoms. The van der Waals surface area contributed by atoms with E-state index in [1.54, 1.807) is 0 Å². The molecule has 1 unspecified atom stereocenters. The summed E-state index contributed by atoms with van der Waals surface area (Å²) < 4.78 is 0. The number of amides is 1. The predicted molar refractivity (Wildman–Crippen MR) is 71.2 cm³/mol. The minimum Gasteiger partial charge on any atom is -0.368 e. The van der Waals surface area contributed by atoms with Crippen LogP contribution in [0.3, 0.4) is 0 Å². The lowest BCUT2D eigenvalue weighted by atomic mass is 10.2. The Bertz CT molecular complexity index is 400. The van der Waals surface area contributed by atoms with Crippen molar-refractivity contribution in [2.45, 2.75) is 43.0 Å². The molecule has 0 spiro atoms. The molecule has 18 heavy (non-hydrogen) atoms. The Morgan fingerprint density at radius 2 is 2.06 bits per heavy atom. The minimum atomic E-state index is -0.168. The Morgan fingerprint density at radius 1 is 1.39 bits per heavy atom. The van der Waals surface area contributed by atoms with E-state index in [1.807, 2.05) is 11.8 Å². The maximum absolute atomic E-state index is 12.3. The van der Waals surface area contributed by atoms with Crippen LogP contribution >= 0.6 is 11.8 Å². The highest BCUT2D eigenvalue weighted by Gasteiger charge is 2.23. The Hall–Kier alpha value is -1.24. The van der Waals surface area contributed by atoms with Gasteiger partial charge in [0, 0.05) is 13.1 Å². The number of carbonyl (C=O) groups excluding carboxylic acids is 1. The van der Waals surface area contributed by atoms with Gasteiger partial charge in [-0.15, -0.1) is 5.10 Å². The second-order valence-corrected chi connectivity index (χ2v) is 5.81. The van der Waals surface area contributed by atoms with Crippen LogP contribution < -0.4 is 5.73 Å². The zero-order chi connectivity index (χ0) is 13.0. The van der Waals surface area contributed by atoms with E-state index in [4.69, 9.17) is 5.73 Å². The number of thioether (sulfide) groups is 1. The largest absolute Gasteiger partial charge is 0.368 e. The average molecular weight is 269 g/mol. The first kappa shape index (κ1) is 13.2. The monoisotopic (exact) mass is 269 g/mol. The van der Waals surface area contributed by atoms with Crippen molar-refractivity contribution in [2.75, 3.05) is 18.8 Å². The van der Waals surface area contributed by atoms with Crippen molar-refractivity contribution in [3.05, 3.63) is 0 Å². The summed E-state index contributed by atoms with van der Waals surface area (Å²) in [4.78, 5) is 18.2. The van der Waals surface area contributed by atoms with Crippen LogP contribution in [0.5, 0.6) is 0 Å². The highest BCUT2D eigenvalue weighted by molar-refractivity contribution is 8.00. The van der Waals surface area contributed by atoms with Crippen LogP contribution in [-0.2, 0) is 4.79 Å². The molecule has 0 aromatic carbocycles. The molecule has 2 heterocycles. The molecule has 1 aromatic rings. The fourth-order valence-corrected chi connectivity index (χ4v) is 2.88. The van der Waals surface area contributed by atoms with Gasteiger partial charge in [-0.3, -0.25) is 4.79 Å². The Labute approximate surface area is 111 Å². The average Bonchev–Trinajstić information content (AvgIpc) is 2.62. The van der Waals surface area contributed by atoms with Gasteiger partial charge >= 0.3 is 0 Å². The van der Waals surface area contributed by atoms with E-state index in [-0.39, 0.29) is 17.1 Å². The van der Waals surface area contributed by atoms with Gasteiger partial charge in [0.2, 0.25) is 17.0 Å². The van der Waals surface area contributed by atoms with Gasteiger partial charge < -0.3 is 10.6 Å². The molecule has 2 rings (SSSR count). The molecule has 1 aliphatic heterocycles. The number of aromatic amines is 1. The van der Waals surface area contributed by atoms with Crippen molar-refractivity contribution in [3.63, 3.8) is 0 Å². The predicted octanol–water partition coefficient (Wildman–Crippen LogP) is 1.27. The molecule has 1 aromatic heterocycles. The number of rotatable bonds is 3. The number of nitrogens with two attached hydrogens (primary N) is 1. The highest BCUT2D eigenvalue weighted by atomic mass is 32.2. The van der Waals surface area contributed by atoms with Crippen LogP contribution in [0.2, 0.25) is 0 Å². The number of nitrogens with one attached hydrogen (secondary N) is 1. The number of H-pyrrole nitrogens is 1. The van der Waals surface area contributed by atoms with Gasteiger partial charge in [-0.05, 0) is 19.8 Å². The molecule has 0 aliphatic carbocycles. The first-order valence-electron chi connectivity index (χ1n) is 6.30. The second-order valence-electron chi connectivity index (χ2n) is 4.50. The van der Waals surface area contributed by atoms with E-state index in [0.717, 1.165) is 25.9 Å². The summed E-state index contributed by atoms with van der Waals surface area (Å²) in [7, 11) is 0. The molecule has 100 valence electrons. The Morgan fingerprint density at radius 3 is 2.61 bits per heavy atom. The molecule has 0 saturated carbocycles. The van der Waals surface area contributed by atoms with E-state index < -0.39 is 0 Å². The molecule has 0 bridgehead atoms. The fraction of sp³-hybridized carbons (Fsp3) is 0.727. The second kappa shape index (κ2) is 6.08. The minimum absolute atomic E-state index is 0.168. The van der Waals surface area contributed by atoms with Crippen molar-refractivity contribution in [3.8, 4) is 0 Å². The summed E-state index contributed by atoms with van der Waals surface area (Å²) in [6.45, 7) is 3.64. The third kappa shape index (κ3) is 3.38. The number of hydrogen-bond donors (Lipinski definition) is 2. The maximum atomic E-state index is 12.3. The normalized spacial score (nSPS) is 18.4. The van der Waals surface area contributed by atoms with Crippen molar-refractivity contribution < 1.29 is 4.79 Å². The van der Waals surface area contributed by atoms with Crippen molar-refractivity contribution in [1.82, 2.24) is 20.1 Å². The number of aromatic nitrogens is 3. The summed E-state index contributed by atoms with van der Waals surface area (Å²) in [6, 6.07) is 0. The third-order valence-electron chi connectivity index (χ3n) is 3.03. The van der Waals surface area contributed by atoms with Gasteiger partial charge in [0.05, 0.1) is 5.25 Å². The number of likely N-dealkylation sites (tertiary alicyclic amines) is 1. The van der Waals surface area contributed by atoms with Crippen LogP contribution in [0.1, 0.15) is 32.6 Å². The lowest BCUT2D eigenvalue weighted by Crippen LogP contribution is -2.37. The van der Waals surface area contributed by atoms with Gasteiger partial charge in [-0.1, -0.05) is 24.6 Å². The van der Waals surface area contributed by atoms with E-state index in [0.29, 0.717) is 5.16 Å². The molecule has 6 nitrogen and oxygen atoms in total.